The summed E-state index contributed by atoms with van der Waals surface area (Å²) >= 11 is 0. The van der Waals surface area contributed by atoms with Gasteiger partial charge in [-0.15, -0.1) is 25.6 Å². The molecule has 1 unspecified atom stereocenters. The molecule has 0 spiro atoms. The molecule has 0 aromatic carbocycles. The van der Waals surface area contributed by atoms with Crippen LogP contribution >= 0.6 is 12.4 Å². The second-order valence-corrected chi connectivity index (χ2v) is 4.97. The van der Waals surface area contributed by atoms with E-state index in [0.29, 0.717) is 24.8 Å². The van der Waals surface area contributed by atoms with Crippen molar-refractivity contribution < 1.29 is 4.79 Å². The second kappa shape index (κ2) is 8.64. The van der Waals surface area contributed by atoms with Gasteiger partial charge in [-0.1, -0.05) is 12.2 Å². The molecule has 2 heterocycles. The van der Waals surface area contributed by atoms with Crippen LogP contribution in [0.4, 0.5) is 0 Å². The highest BCUT2D eigenvalue weighted by Gasteiger charge is 2.20. The largest absolute Gasteiger partial charge is 0.330 e. The number of nitrogens with zero attached hydrogens (tertiary/aromatic N) is 3. The molecule has 2 rings (SSSR count). The number of hydrogen-bond acceptors (Lipinski definition) is 3. The molecule has 6 heteroatoms. The van der Waals surface area contributed by atoms with Crippen LogP contribution < -0.4 is 5.32 Å². The molecule has 21 heavy (non-hydrogen) atoms. The third kappa shape index (κ3) is 4.44. The van der Waals surface area contributed by atoms with Crippen LogP contribution in [0.15, 0.2) is 37.6 Å². The Labute approximate surface area is 132 Å². The summed E-state index contributed by atoms with van der Waals surface area (Å²) in [6.07, 6.45) is 7.57. The van der Waals surface area contributed by atoms with Gasteiger partial charge in [-0.3, -0.25) is 9.48 Å². The van der Waals surface area contributed by atoms with E-state index >= 15 is 0 Å². The normalized spacial score (nSPS) is 17.6. The van der Waals surface area contributed by atoms with Crippen molar-refractivity contribution >= 4 is 18.3 Å². The van der Waals surface area contributed by atoms with Crippen molar-refractivity contribution in [3.63, 3.8) is 0 Å². The fourth-order valence-corrected chi connectivity index (χ4v) is 2.43. The summed E-state index contributed by atoms with van der Waals surface area (Å²) in [7, 11) is 0. The average molecular weight is 311 g/mol. The van der Waals surface area contributed by atoms with E-state index < -0.39 is 0 Å². The van der Waals surface area contributed by atoms with Gasteiger partial charge in [-0.2, -0.15) is 5.10 Å². The summed E-state index contributed by atoms with van der Waals surface area (Å²) in [5, 5.41) is 7.79. The van der Waals surface area contributed by atoms with Crippen molar-refractivity contribution in [2.75, 3.05) is 26.2 Å². The quantitative estimate of drug-likeness (QED) is 0.818. The first-order chi connectivity index (χ1) is 9.76. The maximum atomic E-state index is 12.4. The molecule has 0 radical (unpaired) electrons. The van der Waals surface area contributed by atoms with Crippen LogP contribution in [0.2, 0.25) is 0 Å². The van der Waals surface area contributed by atoms with Gasteiger partial charge in [0.2, 0.25) is 0 Å². The van der Waals surface area contributed by atoms with E-state index in [0.717, 1.165) is 25.9 Å². The number of carbonyl (C=O) groups excluding carboxylic acids is 1. The zero-order valence-electron chi connectivity index (χ0n) is 12.2. The summed E-state index contributed by atoms with van der Waals surface area (Å²) < 4.78 is 1.90. The van der Waals surface area contributed by atoms with Gasteiger partial charge in [-0.05, 0) is 25.5 Å². The lowest BCUT2D eigenvalue weighted by Gasteiger charge is -2.23. The number of amides is 1. The summed E-state index contributed by atoms with van der Waals surface area (Å²) in [5.41, 5.74) is 0.485. The standard InChI is InChI=1S/C15H22N4O.ClH/c1-3-9-18(10-4-2)15(20)14-7-11-19(17-14)13-6-5-8-16-12-13;/h3-4,7,11,13,16H,1-2,5-6,8-10,12H2;1H. The van der Waals surface area contributed by atoms with Gasteiger partial charge >= 0.3 is 0 Å². The van der Waals surface area contributed by atoms with Crippen LogP contribution in [-0.4, -0.2) is 46.8 Å². The maximum absolute atomic E-state index is 12.4. The first-order valence-corrected chi connectivity index (χ1v) is 7.03. The molecule has 0 aliphatic carbocycles. The Bertz CT molecular complexity index is 470. The molecular weight excluding hydrogens is 288 g/mol. The van der Waals surface area contributed by atoms with E-state index in [2.05, 4.69) is 23.6 Å². The van der Waals surface area contributed by atoms with Crippen molar-refractivity contribution in [3.05, 3.63) is 43.3 Å². The zero-order chi connectivity index (χ0) is 14.4. The molecule has 1 aliphatic rings. The van der Waals surface area contributed by atoms with Gasteiger partial charge in [0.25, 0.3) is 5.91 Å². The van der Waals surface area contributed by atoms with Gasteiger partial charge in [-0.25, -0.2) is 0 Å². The summed E-state index contributed by atoms with van der Waals surface area (Å²) in [5.74, 6) is -0.0766. The minimum Gasteiger partial charge on any atom is -0.330 e. The molecule has 1 fully saturated rings. The molecular formula is C15H23ClN4O. The molecule has 1 amide bonds. The Balaban J connectivity index is 0.00000220. The summed E-state index contributed by atoms with van der Waals surface area (Å²) in [6.45, 7) is 10.3. The van der Waals surface area contributed by atoms with Crippen LogP contribution in [0.25, 0.3) is 0 Å². The molecule has 1 aromatic rings. The van der Waals surface area contributed by atoms with Gasteiger partial charge in [0.1, 0.15) is 5.69 Å². The summed E-state index contributed by atoms with van der Waals surface area (Å²) in [6, 6.07) is 2.13. The van der Waals surface area contributed by atoms with Gasteiger partial charge < -0.3 is 10.2 Å². The van der Waals surface area contributed by atoms with E-state index in [4.69, 9.17) is 0 Å². The first kappa shape index (κ1) is 17.5. The van der Waals surface area contributed by atoms with Crippen LogP contribution in [0, 0.1) is 0 Å². The number of piperidine rings is 1. The third-order valence-corrected chi connectivity index (χ3v) is 3.46. The number of halogens is 1. The lowest BCUT2D eigenvalue weighted by atomic mass is 10.1. The predicted octanol–water partition coefficient (Wildman–Crippen LogP) is 2.04. The molecule has 1 aliphatic heterocycles. The third-order valence-electron chi connectivity index (χ3n) is 3.46. The average Bonchev–Trinajstić information content (AvgIpc) is 2.97. The molecule has 116 valence electrons. The molecule has 1 aromatic heterocycles. The van der Waals surface area contributed by atoms with Crippen molar-refractivity contribution in [2.45, 2.75) is 18.9 Å². The first-order valence-electron chi connectivity index (χ1n) is 7.03. The summed E-state index contributed by atoms with van der Waals surface area (Å²) in [4.78, 5) is 14.0. The van der Waals surface area contributed by atoms with Gasteiger partial charge in [0, 0.05) is 25.8 Å². The van der Waals surface area contributed by atoms with Crippen molar-refractivity contribution in [2.24, 2.45) is 0 Å². The molecule has 0 saturated carbocycles. The molecule has 1 saturated heterocycles. The Morgan fingerprint density at radius 3 is 2.76 bits per heavy atom. The molecule has 1 atom stereocenters. The maximum Gasteiger partial charge on any atom is 0.274 e. The number of carbonyl (C=O) groups is 1. The van der Waals surface area contributed by atoms with E-state index in [-0.39, 0.29) is 18.3 Å². The Hall–Kier alpha value is -1.59. The fourth-order valence-electron chi connectivity index (χ4n) is 2.43. The van der Waals surface area contributed by atoms with Crippen LogP contribution in [0.1, 0.15) is 29.4 Å². The zero-order valence-corrected chi connectivity index (χ0v) is 13.0. The van der Waals surface area contributed by atoms with E-state index in [1.165, 1.54) is 0 Å². The Morgan fingerprint density at radius 2 is 2.19 bits per heavy atom. The Morgan fingerprint density at radius 1 is 1.48 bits per heavy atom. The smallest absolute Gasteiger partial charge is 0.274 e. The minimum absolute atomic E-state index is 0. The highest BCUT2D eigenvalue weighted by atomic mass is 35.5. The number of aromatic nitrogens is 2. The topological polar surface area (TPSA) is 50.2 Å². The monoisotopic (exact) mass is 310 g/mol. The van der Waals surface area contributed by atoms with Crippen LogP contribution in [-0.2, 0) is 0 Å². The van der Waals surface area contributed by atoms with Crippen molar-refractivity contribution in [1.82, 2.24) is 20.0 Å². The van der Waals surface area contributed by atoms with Crippen molar-refractivity contribution in [3.8, 4) is 0 Å². The number of rotatable bonds is 6. The second-order valence-electron chi connectivity index (χ2n) is 4.97. The van der Waals surface area contributed by atoms with E-state index in [1.54, 1.807) is 23.1 Å². The van der Waals surface area contributed by atoms with Crippen LogP contribution in [0.5, 0.6) is 0 Å². The highest BCUT2D eigenvalue weighted by molar-refractivity contribution is 5.92. The lowest BCUT2D eigenvalue weighted by molar-refractivity contribution is 0.0783. The molecule has 1 N–H and O–H groups in total. The van der Waals surface area contributed by atoms with Crippen molar-refractivity contribution in [1.29, 1.82) is 0 Å². The van der Waals surface area contributed by atoms with E-state index in [9.17, 15) is 4.79 Å². The number of nitrogens with one attached hydrogen (secondary N) is 1. The highest BCUT2D eigenvalue weighted by Crippen LogP contribution is 2.16. The number of hydrogen-bond donors (Lipinski definition) is 1. The van der Waals surface area contributed by atoms with Gasteiger partial charge in [0.05, 0.1) is 6.04 Å². The van der Waals surface area contributed by atoms with E-state index in [1.807, 2.05) is 10.9 Å². The fraction of sp³-hybridized carbons (Fsp3) is 0.467. The van der Waals surface area contributed by atoms with Crippen LogP contribution in [0.3, 0.4) is 0 Å². The lowest BCUT2D eigenvalue weighted by Crippen LogP contribution is -2.33. The predicted molar refractivity (Wildman–Crippen MR) is 86.9 cm³/mol. The minimum atomic E-state index is -0.0766. The molecule has 5 nitrogen and oxygen atoms in total. The molecule has 0 bridgehead atoms. The Kier molecular flexibility index (Phi) is 7.19. The van der Waals surface area contributed by atoms with Gasteiger partial charge in [0.15, 0.2) is 0 Å². The SMILES string of the molecule is C=CCN(CC=C)C(=O)c1ccn(C2CCCNC2)n1.Cl.